The van der Waals surface area contributed by atoms with E-state index >= 15 is 0 Å². The fourth-order valence-electron chi connectivity index (χ4n) is 3.67. The molecule has 0 aromatic heterocycles. The van der Waals surface area contributed by atoms with Gasteiger partial charge >= 0.3 is 0 Å². The number of thioether (sulfide) groups is 1. The Bertz CT molecular complexity index is 1470. The lowest BCUT2D eigenvalue weighted by Crippen LogP contribution is -2.27. The van der Waals surface area contributed by atoms with Crippen molar-refractivity contribution in [2.45, 2.75) is 6.61 Å². The average Bonchev–Trinajstić information content (AvgIpc) is 3.11. The molecule has 0 atom stereocenters. The van der Waals surface area contributed by atoms with E-state index in [9.17, 15) is 9.59 Å². The molecule has 1 heterocycles. The molecule has 2 amide bonds. The van der Waals surface area contributed by atoms with Crippen LogP contribution in [0.2, 0.25) is 5.02 Å². The molecule has 0 aliphatic carbocycles. The van der Waals surface area contributed by atoms with E-state index in [2.05, 4.69) is 46.3 Å². The van der Waals surface area contributed by atoms with Gasteiger partial charge in [0.2, 0.25) is 0 Å². The molecular formula is C27H17BrClNO3S. The van der Waals surface area contributed by atoms with Crippen molar-refractivity contribution in [3.05, 3.63) is 110 Å². The summed E-state index contributed by atoms with van der Waals surface area (Å²) in [5.74, 6) is 0.322. The van der Waals surface area contributed by atoms with Gasteiger partial charge in [0.1, 0.15) is 12.4 Å². The average molecular weight is 551 g/mol. The van der Waals surface area contributed by atoms with Crippen LogP contribution in [0, 0.1) is 0 Å². The van der Waals surface area contributed by atoms with Crippen LogP contribution in [0.1, 0.15) is 11.1 Å². The molecule has 0 radical (unpaired) electrons. The summed E-state index contributed by atoms with van der Waals surface area (Å²) < 4.78 is 6.77. The number of imide groups is 1. The molecule has 0 N–H and O–H groups in total. The molecule has 5 rings (SSSR count). The summed E-state index contributed by atoms with van der Waals surface area (Å²) in [6.45, 7) is 0.432. The number of carbonyl (C=O) groups is 2. The van der Waals surface area contributed by atoms with Crippen LogP contribution in [0.4, 0.5) is 10.5 Å². The Kier molecular flexibility index (Phi) is 6.46. The predicted molar refractivity (Wildman–Crippen MR) is 142 cm³/mol. The first-order valence-corrected chi connectivity index (χ1v) is 12.4. The molecule has 34 heavy (non-hydrogen) atoms. The van der Waals surface area contributed by atoms with Crippen LogP contribution in [0.25, 0.3) is 16.8 Å². The number of halogens is 2. The van der Waals surface area contributed by atoms with E-state index in [1.165, 1.54) is 10.8 Å². The first kappa shape index (κ1) is 22.7. The zero-order chi connectivity index (χ0) is 23.7. The Labute approximate surface area is 214 Å². The number of anilines is 1. The summed E-state index contributed by atoms with van der Waals surface area (Å²) in [7, 11) is 0. The molecule has 1 fully saturated rings. The topological polar surface area (TPSA) is 46.6 Å². The van der Waals surface area contributed by atoms with E-state index in [1.54, 1.807) is 30.3 Å². The lowest BCUT2D eigenvalue weighted by atomic mass is 10.1. The Morgan fingerprint density at radius 1 is 0.912 bits per heavy atom. The quantitative estimate of drug-likeness (QED) is 0.236. The molecule has 4 aromatic rings. The highest BCUT2D eigenvalue weighted by Gasteiger charge is 2.36. The Morgan fingerprint density at radius 3 is 2.53 bits per heavy atom. The normalized spacial score (nSPS) is 14.9. The molecule has 1 aliphatic rings. The molecule has 4 aromatic carbocycles. The monoisotopic (exact) mass is 549 g/mol. The van der Waals surface area contributed by atoms with Crippen molar-refractivity contribution in [2.24, 2.45) is 0 Å². The number of carbonyl (C=O) groups excluding carboxylic acids is 2. The van der Waals surface area contributed by atoms with Crippen molar-refractivity contribution in [2.75, 3.05) is 4.90 Å². The van der Waals surface area contributed by atoms with Crippen molar-refractivity contribution < 1.29 is 14.3 Å². The van der Waals surface area contributed by atoms with Gasteiger partial charge in [-0.2, -0.15) is 0 Å². The van der Waals surface area contributed by atoms with Crippen molar-refractivity contribution in [1.29, 1.82) is 0 Å². The van der Waals surface area contributed by atoms with Gasteiger partial charge in [-0.25, -0.2) is 4.90 Å². The second-order valence-electron chi connectivity index (χ2n) is 7.66. The van der Waals surface area contributed by atoms with Gasteiger partial charge in [0.25, 0.3) is 11.1 Å². The Balaban J connectivity index is 1.31. The molecular weight excluding hydrogens is 534 g/mol. The number of rotatable bonds is 5. The van der Waals surface area contributed by atoms with Crippen molar-refractivity contribution in [3.63, 3.8) is 0 Å². The van der Waals surface area contributed by atoms with Crippen LogP contribution in [-0.4, -0.2) is 11.1 Å². The minimum atomic E-state index is -0.370. The van der Waals surface area contributed by atoms with E-state index in [-0.39, 0.29) is 11.1 Å². The van der Waals surface area contributed by atoms with E-state index in [1.807, 2.05) is 30.3 Å². The van der Waals surface area contributed by atoms with E-state index in [0.29, 0.717) is 28.0 Å². The van der Waals surface area contributed by atoms with Crippen LogP contribution in [-0.2, 0) is 11.4 Å². The minimum absolute atomic E-state index is 0.349. The van der Waals surface area contributed by atoms with E-state index < -0.39 is 0 Å². The highest BCUT2D eigenvalue weighted by Crippen LogP contribution is 2.37. The number of ether oxygens (including phenoxy) is 1. The van der Waals surface area contributed by atoms with E-state index in [0.717, 1.165) is 32.3 Å². The standard InChI is InChI=1S/C27H17BrClNO3S/c28-23-13-17(14-25-26(31)30(27(32)34-25)22-7-3-6-21(29)15-22)9-11-24(23)33-16-18-8-10-19-4-1-2-5-20(19)12-18/h1-15H,16H2/b25-14+. The second-order valence-corrected chi connectivity index (χ2v) is 9.94. The van der Waals surface area contributed by atoms with Gasteiger partial charge in [0.15, 0.2) is 0 Å². The number of benzene rings is 4. The third-order valence-electron chi connectivity index (χ3n) is 5.32. The molecule has 0 unspecified atom stereocenters. The van der Waals surface area contributed by atoms with Crippen LogP contribution in [0.5, 0.6) is 5.75 Å². The first-order chi connectivity index (χ1) is 16.5. The summed E-state index contributed by atoms with van der Waals surface area (Å²) in [5, 5.41) is 2.47. The number of fused-ring (bicyclic) bond motifs is 1. The van der Waals surface area contributed by atoms with Crippen molar-refractivity contribution in [3.8, 4) is 5.75 Å². The molecule has 0 spiro atoms. The maximum atomic E-state index is 12.9. The third kappa shape index (κ3) is 4.75. The van der Waals surface area contributed by atoms with Crippen LogP contribution >= 0.6 is 39.3 Å². The van der Waals surface area contributed by atoms with Gasteiger partial charge in [0, 0.05) is 5.02 Å². The zero-order valence-corrected chi connectivity index (χ0v) is 20.9. The summed E-state index contributed by atoms with van der Waals surface area (Å²) in [6, 6.07) is 26.7. The van der Waals surface area contributed by atoms with Gasteiger partial charge in [-0.3, -0.25) is 9.59 Å². The maximum absolute atomic E-state index is 12.9. The summed E-state index contributed by atoms with van der Waals surface area (Å²) >= 11 is 10.5. The first-order valence-electron chi connectivity index (χ1n) is 10.4. The molecule has 168 valence electrons. The smallest absolute Gasteiger partial charge is 0.298 e. The van der Waals surface area contributed by atoms with Gasteiger partial charge < -0.3 is 4.74 Å². The number of amides is 2. The summed E-state index contributed by atoms with van der Waals surface area (Å²) in [6.07, 6.45) is 1.70. The summed E-state index contributed by atoms with van der Waals surface area (Å²) in [4.78, 5) is 26.8. The SMILES string of the molecule is O=C1S/C(=C/c2ccc(OCc3ccc4ccccc4c3)c(Br)c2)C(=O)N1c1cccc(Cl)c1. The van der Waals surface area contributed by atoms with Gasteiger partial charge in [-0.15, -0.1) is 0 Å². The Hall–Kier alpha value is -3.06. The van der Waals surface area contributed by atoms with Gasteiger partial charge in [-0.1, -0.05) is 60.1 Å². The number of nitrogens with zero attached hydrogens (tertiary/aromatic N) is 1. The van der Waals surface area contributed by atoms with Crippen molar-refractivity contribution >= 4 is 73.0 Å². The molecule has 7 heteroatoms. The summed E-state index contributed by atoms with van der Waals surface area (Å²) in [5.41, 5.74) is 2.31. The largest absolute Gasteiger partial charge is 0.488 e. The molecule has 1 saturated heterocycles. The predicted octanol–water partition coefficient (Wildman–Crippen LogP) is 8.08. The van der Waals surface area contributed by atoms with Crippen molar-refractivity contribution in [1.82, 2.24) is 0 Å². The lowest BCUT2D eigenvalue weighted by Gasteiger charge is -2.12. The molecule has 0 bridgehead atoms. The van der Waals surface area contributed by atoms with Crippen LogP contribution < -0.4 is 9.64 Å². The molecule has 0 saturated carbocycles. The fraction of sp³-hybridized carbons (Fsp3) is 0.0370. The van der Waals surface area contributed by atoms with Gasteiger partial charge in [-0.05, 0) is 92.1 Å². The number of hydrogen-bond acceptors (Lipinski definition) is 4. The lowest BCUT2D eigenvalue weighted by molar-refractivity contribution is -0.113. The minimum Gasteiger partial charge on any atom is -0.488 e. The van der Waals surface area contributed by atoms with Gasteiger partial charge in [0.05, 0.1) is 15.1 Å². The van der Waals surface area contributed by atoms with E-state index in [4.69, 9.17) is 16.3 Å². The zero-order valence-electron chi connectivity index (χ0n) is 17.7. The molecule has 4 nitrogen and oxygen atoms in total. The number of hydrogen-bond donors (Lipinski definition) is 0. The highest BCUT2D eigenvalue weighted by molar-refractivity contribution is 9.10. The molecule has 1 aliphatic heterocycles. The highest BCUT2D eigenvalue weighted by atomic mass is 79.9. The fourth-order valence-corrected chi connectivity index (χ4v) is 5.21. The second kappa shape index (κ2) is 9.66. The van der Waals surface area contributed by atoms with Crippen LogP contribution in [0.15, 0.2) is 94.3 Å². The maximum Gasteiger partial charge on any atom is 0.298 e. The third-order valence-corrected chi connectivity index (χ3v) is 7.05. The van der Waals surface area contributed by atoms with Crippen LogP contribution in [0.3, 0.4) is 0 Å². The Morgan fingerprint density at radius 2 is 1.74 bits per heavy atom.